The van der Waals surface area contributed by atoms with Crippen LogP contribution < -0.4 is 5.56 Å². The van der Waals surface area contributed by atoms with Crippen LogP contribution in [-0.2, 0) is 12.2 Å². The van der Waals surface area contributed by atoms with Gasteiger partial charge in [-0.1, -0.05) is 55.4 Å². The minimum Gasteiger partial charge on any atom is -0.301 e. The van der Waals surface area contributed by atoms with E-state index in [0.29, 0.717) is 5.16 Å². The zero-order valence-electron chi connectivity index (χ0n) is 11.3. The van der Waals surface area contributed by atoms with Crippen molar-refractivity contribution in [3.63, 3.8) is 0 Å². The zero-order valence-corrected chi connectivity index (χ0v) is 12.1. The van der Waals surface area contributed by atoms with Gasteiger partial charge in [0, 0.05) is 17.0 Å². The molecule has 0 aliphatic rings. The van der Waals surface area contributed by atoms with E-state index in [1.54, 1.807) is 11.8 Å². The van der Waals surface area contributed by atoms with Crippen LogP contribution in [0.5, 0.6) is 0 Å². The lowest BCUT2D eigenvalue weighted by Gasteiger charge is -2.06. The van der Waals surface area contributed by atoms with Gasteiger partial charge in [-0.3, -0.25) is 4.79 Å². The fourth-order valence-electron chi connectivity index (χ4n) is 1.92. The lowest BCUT2D eigenvalue weighted by atomic mass is 10.1. The number of benzene rings is 1. The molecule has 0 radical (unpaired) electrons. The summed E-state index contributed by atoms with van der Waals surface area (Å²) in [4.78, 5) is 19.3. The van der Waals surface area contributed by atoms with E-state index in [9.17, 15) is 4.79 Å². The van der Waals surface area contributed by atoms with Crippen LogP contribution in [0.1, 0.15) is 30.2 Å². The van der Waals surface area contributed by atoms with Gasteiger partial charge < -0.3 is 4.98 Å². The van der Waals surface area contributed by atoms with E-state index in [1.807, 2.05) is 25.1 Å². The molecule has 0 fully saturated rings. The Labute approximate surface area is 117 Å². The summed E-state index contributed by atoms with van der Waals surface area (Å²) >= 11 is 1.56. The van der Waals surface area contributed by atoms with Crippen molar-refractivity contribution < 1.29 is 0 Å². The Morgan fingerprint density at radius 1 is 1.26 bits per heavy atom. The molecule has 2 rings (SSSR count). The zero-order chi connectivity index (χ0) is 13.7. The van der Waals surface area contributed by atoms with Crippen molar-refractivity contribution in [1.29, 1.82) is 0 Å². The lowest BCUT2D eigenvalue weighted by Crippen LogP contribution is -2.17. The molecular weight excluding hydrogens is 256 g/mol. The number of thioether (sulfide) groups is 1. The second-order valence-electron chi connectivity index (χ2n) is 4.46. The van der Waals surface area contributed by atoms with Gasteiger partial charge in [-0.15, -0.1) is 0 Å². The standard InChI is InChI=1S/C15H18N2OS/c1-3-7-13-11(2)16-15(17-14(13)18)19-10-12-8-5-4-6-9-12/h4-6,8-9H,3,7,10H2,1-2H3,(H,16,17,18). The number of aromatic amines is 1. The quantitative estimate of drug-likeness (QED) is 0.672. The second-order valence-corrected chi connectivity index (χ2v) is 5.42. The van der Waals surface area contributed by atoms with Crippen LogP contribution in [0, 0.1) is 6.92 Å². The highest BCUT2D eigenvalue weighted by Crippen LogP contribution is 2.18. The van der Waals surface area contributed by atoms with Crippen LogP contribution in [0.3, 0.4) is 0 Å². The molecule has 1 aromatic heterocycles. The maximum absolute atomic E-state index is 12.0. The molecule has 1 heterocycles. The van der Waals surface area contributed by atoms with E-state index >= 15 is 0 Å². The van der Waals surface area contributed by atoms with Crippen LogP contribution in [-0.4, -0.2) is 9.97 Å². The SMILES string of the molecule is CCCc1c(C)nc(SCc2ccccc2)[nH]c1=O. The topological polar surface area (TPSA) is 45.8 Å². The first kappa shape index (κ1) is 13.9. The molecule has 0 saturated carbocycles. The summed E-state index contributed by atoms with van der Waals surface area (Å²) in [6.45, 7) is 3.98. The van der Waals surface area contributed by atoms with Crippen LogP contribution >= 0.6 is 11.8 Å². The Hall–Kier alpha value is -1.55. The molecule has 0 amide bonds. The molecule has 19 heavy (non-hydrogen) atoms. The molecule has 0 spiro atoms. The van der Waals surface area contributed by atoms with Gasteiger partial charge in [-0.2, -0.15) is 0 Å². The molecule has 0 aliphatic heterocycles. The molecule has 1 N–H and O–H groups in total. The minimum atomic E-state index is 0.00455. The number of rotatable bonds is 5. The van der Waals surface area contributed by atoms with Crippen molar-refractivity contribution in [2.75, 3.05) is 0 Å². The van der Waals surface area contributed by atoms with Crippen LogP contribution in [0.4, 0.5) is 0 Å². The smallest absolute Gasteiger partial charge is 0.254 e. The number of H-pyrrole nitrogens is 1. The van der Waals surface area contributed by atoms with Crippen molar-refractivity contribution in [2.24, 2.45) is 0 Å². The number of nitrogens with one attached hydrogen (secondary N) is 1. The van der Waals surface area contributed by atoms with E-state index in [4.69, 9.17) is 0 Å². The van der Waals surface area contributed by atoms with Crippen molar-refractivity contribution in [3.8, 4) is 0 Å². The third-order valence-electron chi connectivity index (χ3n) is 2.92. The van der Waals surface area contributed by atoms with E-state index in [2.05, 4.69) is 29.0 Å². The Morgan fingerprint density at radius 2 is 2.00 bits per heavy atom. The average Bonchev–Trinajstić information content (AvgIpc) is 2.42. The predicted octanol–water partition coefficient (Wildman–Crippen LogP) is 3.32. The van der Waals surface area contributed by atoms with E-state index in [1.165, 1.54) is 5.56 Å². The Bertz CT molecular complexity index is 593. The van der Waals surface area contributed by atoms with Crippen molar-refractivity contribution in [2.45, 2.75) is 37.6 Å². The number of nitrogens with zero attached hydrogens (tertiary/aromatic N) is 1. The molecule has 0 unspecified atom stereocenters. The number of hydrogen-bond donors (Lipinski definition) is 1. The third-order valence-corrected chi connectivity index (χ3v) is 3.86. The minimum absolute atomic E-state index is 0.00455. The molecule has 3 nitrogen and oxygen atoms in total. The first-order valence-corrected chi connectivity index (χ1v) is 7.45. The highest BCUT2D eigenvalue weighted by Gasteiger charge is 2.07. The molecule has 0 saturated heterocycles. The van der Waals surface area contributed by atoms with Gasteiger partial charge in [0.25, 0.3) is 5.56 Å². The van der Waals surface area contributed by atoms with Crippen LogP contribution in [0.15, 0.2) is 40.3 Å². The molecule has 4 heteroatoms. The monoisotopic (exact) mass is 274 g/mol. The second kappa shape index (κ2) is 6.57. The fourth-order valence-corrected chi connectivity index (χ4v) is 2.79. The Balaban J connectivity index is 2.12. The predicted molar refractivity (Wildman–Crippen MR) is 79.6 cm³/mol. The first-order chi connectivity index (χ1) is 9.20. The molecule has 100 valence electrons. The summed E-state index contributed by atoms with van der Waals surface area (Å²) in [5, 5.41) is 0.700. The van der Waals surface area contributed by atoms with Gasteiger partial charge >= 0.3 is 0 Å². The van der Waals surface area contributed by atoms with Gasteiger partial charge in [0.2, 0.25) is 0 Å². The summed E-state index contributed by atoms with van der Waals surface area (Å²) in [6, 6.07) is 10.2. The fraction of sp³-hybridized carbons (Fsp3) is 0.333. The van der Waals surface area contributed by atoms with Crippen molar-refractivity contribution >= 4 is 11.8 Å². The summed E-state index contributed by atoms with van der Waals surface area (Å²) in [5.74, 6) is 0.816. The Morgan fingerprint density at radius 3 is 2.63 bits per heavy atom. The largest absolute Gasteiger partial charge is 0.301 e. The summed E-state index contributed by atoms with van der Waals surface area (Å²) in [6.07, 6.45) is 1.75. The van der Waals surface area contributed by atoms with E-state index in [0.717, 1.165) is 29.9 Å². The molecular formula is C15H18N2OS. The molecule has 1 aromatic carbocycles. The van der Waals surface area contributed by atoms with Gasteiger partial charge in [0.15, 0.2) is 5.16 Å². The van der Waals surface area contributed by atoms with E-state index < -0.39 is 0 Å². The maximum Gasteiger partial charge on any atom is 0.254 e. The average molecular weight is 274 g/mol. The molecule has 0 atom stereocenters. The molecule has 2 aromatic rings. The molecule has 0 bridgehead atoms. The van der Waals surface area contributed by atoms with Crippen molar-refractivity contribution in [3.05, 3.63) is 57.5 Å². The highest BCUT2D eigenvalue weighted by molar-refractivity contribution is 7.98. The number of hydrogen-bond acceptors (Lipinski definition) is 3. The third kappa shape index (κ3) is 3.70. The normalized spacial score (nSPS) is 10.6. The van der Waals surface area contributed by atoms with Gasteiger partial charge in [-0.05, 0) is 18.9 Å². The lowest BCUT2D eigenvalue weighted by molar-refractivity contribution is 0.818. The van der Waals surface area contributed by atoms with Gasteiger partial charge in [-0.25, -0.2) is 4.98 Å². The van der Waals surface area contributed by atoms with Crippen LogP contribution in [0.2, 0.25) is 0 Å². The summed E-state index contributed by atoms with van der Waals surface area (Å²) < 4.78 is 0. The number of aryl methyl sites for hydroxylation is 1. The number of aromatic nitrogens is 2. The maximum atomic E-state index is 12.0. The molecule has 0 aliphatic carbocycles. The van der Waals surface area contributed by atoms with Gasteiger partial charge in [0.1, 0.15) is 0 Å². The first-order valence-electron chi connectivity index (χ1n) is 6.47. The van der Waals surface area contributed by atoms with Gasteiger partial charge in [0.05, 0.1) is 0 Å². The summed E-state index contributed by atoms with van der Waals surface area (Å²) in [5.41, 5.74) is 2.89. The highest BCUT2D eigenvalue weighted by atomic mass is 32.2. The Kier molecular flexibility index (Phi) is 4.80. The summed E-state index contributed by atoms with van der Waals surface area (Å²) in [7, 11) is 0. The van der Waals surface area contributed by atoms with Crippen molar-refractivity contribution in [1.82, 2.24) is 9.97 Å². The van der Waals surface area contributed by atoms with E-state index in [-0.39, 0.29) is 5.56 Å². The van der Waals surface area contributed by atoms with Crippen LogP contribution in [0.25, 0.3) is 0 Å².